The van der Waals surface area contributed by atoms with E-state index in [1.54, 1.807) is 0 Å². The summed E-state index contributed by atoms with van der Waals surface area (Å²) in [5, 5.41) is 0. The van der Waals surface area contributed by atoms with Gasteiger partial charge >= 0.3 is 5.97 Å². The van der Waals surface area contributed by atoms with Gasteiger partial charge in [0.2, 0.25) is 0 Å². The monoisotopic (exact) mass is 238 g/mol. The molecule has 0 aromatic rings. The summed E-state index contributed by atoms with van der Waals surface area (Å²) in [6.45, 7) is 3.27. The van der Waals surface area contributed by atoms with Crippen LogP contribution in [0.1, 0.15) is 46.0 Å². The van der Waals surface area contributed by atoms with Crippen molar-refractivity contribution in [1.82, 2.24) is 0 Å². The largest absolute Gasteiger partial charge is 0.436 e. The Hall–Kier alpha value is -0.570. The van der Waals surface area contributed by atoms with Crippen LogP contribution in [0.5, 0.6) is 0 Å². The van der Waals surface area contributed by atoms with Crippen molar-refractivity contribution in [1.29, 1.82) is 0 Å². The van der Waals surface area contributed by atoms with E-state index in [-0.39, 0.29) is 12.3 Å². The lowest BCUT2D eigenvalue weighted by Gasteiger charge is -2.32. The number of carbonyl (C=O) groups excluding carboxylic acids is 1. The van der Waals surface area contributed by atoms with Crippen LogP contribution in [-0.2, 0) is 14.3 Å². The molecule has 3 saturated carbocycles. The van der Waals surface area contributed by atoms with Crippen molar-refractivity contribution in [3.05, 3.63) is 0 Å². The highest BCUT2D eigenvalue weighted by molar-refractivity contribution is 5.65. The second kappa shape index (κ2) is 4.27. The summed E-state index contributed by atoms with van der Waals surface area (Å²) < 4.78 is 11.0. The third-order valence-corrected chi connectivity index (χ3v) is 5.07. The molecule has 3 rings (SSSR count). The Bertz CT molecular complexity index is 315. The van der Waals surface area contributed by atoms with Gasteiger partial charge in [-0.05, 0) is 56.3 Å². The van der Waals surface area contributed by atoms with Gasteiger partial charge in [-0.15, -0.1) is 0 Å². The molecule has 0 aromatic heterocycles. The fraction of sp³-hybridized carbons (Fsp3) is 0.929. The van der Waals surface area contributed by atoms with Crippen molar-refractivity contribution in [2.75, 3.05) is 0 Å². The number of esters is 1. The molecule has 0 N–H and O–H groups in total. The molecule has 0 saturated heterocycles. The zero-order valence-corrected chi connectivity index (χ0v) is 10.7. The molecule has 3 aliphatic carbocycles. The molecule has 0 amide bonds. The first-order chi connectivity index (χ1) is 8.15. The fourth-order valence-corrected chi connectivity index (χ4v) is 4.67. The van der Waals surface area contributed by atoms with Crippen LogP contribution in [0.4, 0.5) is 0 Å². The second-order valence-corrected chi connectivity index (χ2v) is 6.01. The minimum absolute atomic E-state index is 0.251. The predicted molar refractivity (Wildman–Crippen MR) is 63.1 cm³/mol. The highest BCUT2D eigenvalue weighted by Crippen LogP contribution is 2.59. The normalized spacial score (nSPS) is 44.7. The van der Waals surface area contributed by atoms with Gasteiger partial charge < -0.3 is 9.47 Å². The lowest BCUT2D eigenvalue weighted by atomic mass is 9.80. The molecule has 0 radical (unpaired) electrons. The standard InChI is InChI=1S/C14H22O3/c1-8(15)16-9(2)17-14-7-10-6-13(14)12-5-3-4-11(10)12/h9-14H,3-7H2,1-2H3. The Labute approximate surface area is 103 Å². The first-order valence-electron chi connectivity index (χ1n) is 6.98. The molecule has 3 aliphatic rings. The Kier molecular flexibility index (Phi) is 2.89. The van der Waals surface area contributed by atoms with Crippen molar-refractivity contribution < 1.29 is 14.3 Å². The highest BCUT2D eigenvalue weighted by atomic mass is 16.7. The van der Waals surface area contributed by atoms with E-state index >= 15 is 0 Å². The molecule has 6 atom stereocenters. The van der Waals surface area contributed by atoms with Crippen molar-refractivity contribution in [2.45, 2.75) is 58.3 Å². The molecule has 3 nitrogen and oxygen atoms in total. The Morgan fingerprint density at radius 1 is 1.18 bits per heavy atom. The first kappa shape index (κ1) is 11.5. The van der Waals surface area contributed by atoms with Crippen LogP contribution in [0.15, 0.2) is 0 Å². The van der Waals surface area contributed by atoms with Crippen molar-refractivity contribution >= 4 is 5.97 Å². The maximum atomic E-state index is 10.9. The number of carbonyl (C=O) groups is 1. The van der Waals surface area contributed by atoms with Crippen molar-refractivity contribution in [3.63, 3.8) is 0 Å². The van der Waals surface area contributed by atoms with Gasteiger partial charge in [0.15, 0.2) is 6.29 Å². The lowest BCUT2D eigenvalue weighted by Crippen LogP contribution is -2.33. The molecule has 6 unspecified atom stereocenters. The van der Waals surface area contributed by atoms with Gasteiger partial charge in [0.1, 0.15) is 0 Å². The highest BCUT2D eigenvalue weighted by Gasteiger charge is 2.54. The molecule has 0 aromatic carbocycles. The average molecular weight is 238 g/mol. The summed E-state index contributed by atoms with van der Waals surface area (Å²) in [4.78, 5) is 10.9. The molecule has 3 heteroatoms. The van der Waals surface area contributed by atoms with Gasteiger partial charge in [0.25, 0.3) is 0 Å². The maximum Gasteiger partial charge on any atom is 0.304 e. The smallest absolute Gasteiger partial charge is 0.304 e. The van der Waals surface area contributed by atoms with Crippen LogP contribution in [0, 0.1) is 23.7 Å². The van der Waals surface area contributed by atoms with Gasteiger partial charge in [-0.2, -0.15) is 0 Å². The number of hydrogen-bond donors (Lipinski definition) is 0. The third-order valence-electron chi connectivity index (χ3n) is 5.07. The summed E-state index contributed by atoms with van der Waals surface area (Å²) >= 11 is 0. The van der Waals surface area contributed by atoms with E-state index in [1.165, 1.54) is 39.0 Å². The summed E-state index contributed by atoms with van der Waals surface area (Å²) in [6.07, 6.45) is 6.76. The molecule has 0 aliphatic heterocycles. The van der Waals surface area contributed by atoms with Crippen LogP contribution < -0.4 is 0 Å². The van der Waals surface area contributed by atoms with Crippen LogP contribution in [0.3, 0.4) is 0 Å². The lowest BCUT2D eigenvalue weighted by molar-refractivity contribution is -0.190. The predicted octanol–water partition coefficient (Wildman–Crippen LogP) is 2.74. The quantitative estimate of drug-likeness (QED) is 0.560. The van der Waals surface area contributed by atoms with E-state index in [1.807, 2.05) is 6.92 Å². The van der Waals surface area contributed by atoms with E-state index in [4.69, 9.17) is 9.47 Å². The van der Waals surface area contributed by atoms with Gasteiger partial charge in [0.05, 0.1) is 6.10 Å². The minimum Gasteiger partial charge on any atom is -0.436 e. The SMILES string of the molecule is CC(=O)OC(C)OC1CC2CC1C1CCCC21. The molecule has 96 valence electrons. The summed E-state index contributed by atoms with van der Waals surface area (Å²) in [6, 6.07) is 0. The van der Waals surface area contributed by atoms with E-state index < -0.39 is 0 Å². The van der Waals surface area contributed by atoms with Crippen LogP contribution in [0.25, 0.3) is 0 Å². The topological polar surface area (TPSA) is 35.5 Å². The van der Waals surface area contributed by atoms with Crippen LogP contribution in [-0.4, -0.2) is 18.4 Å². The Balaban J connectivity index is 1.58. The molecular formula is C14H22O3. The van der Waals surface area contributed by atoms with Gasteiger partial charge in [-0.1, -0.05) is 6.42 Å². The second-order valence-electron chi connectivity index (χ2n) is 6.01. The van der Waals surface area contributed by atoms with E-state index in [2.05, 4.69) is 0 Å². The third kappa shape index (κ3) is 1.99. The molecule has 17 heavy (non-hydrogen) atoms. The van der Waals surface area contributed by atoms with E-state index in [9.17, 15) is 4.79 Å². The summed E-state index contributed by atoms with van der Waals surface area (Å²) in [5.74, 6) is 3.28. The summed E-state index contributed by atoms with van der Waals surface area (Å²) in [5.41, 5.74) is 0. The van der Waals surface area contributed by atoms with Crippen LogP contribution in [0.2, 0.25) is 0 Å². The fourth-order valence-electron chi connectivity index (χ4n) is 4.67. The first-order valence-corrected chi connectivity index (χ1v) is 6.98. The van der Waals surface area contributed by atoms with Gasteiger partial charge in [0, 0.05) is 6.92 Å². The molecule has 0 spiro atoms. The number of fused-ring (bicyclic) bond motifs is 5. The number of ether oxygens (including phenoxy) is 2. The van der Waals surface area contributed by atoms with Crippen molar-refractivity contribution in [2.24, 2.45) is 23.7 Å². The number of rotatable bonds is 3. The van der Waals surface area contributed by atoms with Crippen molar-refractivity contribution in [3.8, 4) is 0 Å². The molecule has 2 bridgehead atoms. The van der Waals surface area contributed by atoms with Gasteiger partial charge in [-0.25, -0.2) is 0 Å². The molecular weight excluding hydrogens is 216 g/mol. The van der Waals surface area contributed by atoms with Gasteiger partial charge in [-0.3, -0.25) is 4.79 Å². The minimum atomic E-state index is -0.378. The zero-order chi connectivity index (χ0) is 12.0. The van der Waals surface area contributed by atoms with E-state index in [0.717, 1.165) is 23.7 Å². The molecule has 3 fully saturated rings. The van der Waals surface area contributed by atoms with E-state index in [0.29, 0.717) is 6.10 Å². The Morgan fingerprint density at radius 2 is 1.94 bits per heavy atom. The average Bonchev–Trinajstić information content (AvgIpc) is 2.83. The number of hydrogen-bond acceptors (Lipinski definition) is 3. The zero-order valence-electron chi connectivity index (χ0n) is 10.7. The van der Waals surface area contributed by atoms with Crippen LogP contribution >= 0.6 is 0 Å². The summed E-state index contributed by atoms with van der Waals surface area (Å²) in [7, 11) is 0. The molecule has 0 heterocycles. The maximum absolute atomic E-state index is 10.9. The Morgan fingerprint density at radius 3 is 2.71 bits per heavy atom.